The number of fused-ring (bicyclic) bond motifs is 1. The van der Waals surface area contributed by atoms with Gasteiger partial charge in [0, 0.05) is 12.8 Å². The van der Waals surface area contributed by atoms with Crippen molar-refractivity contribution in [2.75, 3.05) is 0 Å². The molecule has 2 nitrogen and oxygen atoms in total. The van der Waals surface area contributed by atoms with E-state index in [-0.39, 0.29) is 22.9 Å². The quantitative estimate of drug-likeness (QED) is 0.491. The minimum Gasteiger partial charge on any atom is -0.299 e. The molecule has 0 spiro atoms. The zero-order chi connectivity index (χ0) is 8.06. The Morgan fingerprint density at radius 2 is 1.64 bits per heavy atom. The lowest BCUT2D eigenvalue weighted by Crippen LogP contribution is -2.23. The minimum atomic E-state index is -0.220. The summed E-state index contributed by atoms with van der Waals surface area (Å²) in [5, 5.41) is 0. The van der Waals surface area contributed by atoms with Crippen LogP contribution in [0.3, 0.4) is 0 Å². The van der Waals surface area contributed by atoms with Crippen molar-refractivity contribution in [3.05, 3.63) is 0 Å². The first kappa shape index (κ1) is 7.01. The van der Waals surface area contributed by atoms with Gasteiger partial charge in [-0.3, -0.25) is 9.59 Å². The van der Waals surface area contributed by atoms with E-state index in [1.807, 2.05) is 0 Å². The fourth-order valence-electron chi connectivity index (χ4n) is 2.48. The molecule has 0 bridgehead atoms. The molecule has 0 aliphatic heterocycles. The predicted molar refractivity (Wildman–Crippen MR) is 40.1 cm³/mol. The van der Waals surface area contributed by atoms with Crippen LogP contribution in [0.4, 0.5) is 0 Å². The van der Waals surface area contributed by atoms with E-state index >= 15 is 0 Å². The highest BCUT2D eigenvalue weighted by atomic mass is 16.2. The molecule has 0 aromatic rings. The van der Waals surface area contributed by atoms with Crippen LogP contribution in [0.1, 0.15) is 32.6 Å². The summed E-state index contributed by atoms with van der Waals surface area (Å²) >= 11 is 0. The summed E-state index contributed by atoms with van der Waals surface area (Å²) in [5.41, 5.74) is 0.0498. The first-order valence-corrected chi connectivity index (χ1v) is 4.19. The molecule has 0 saturated heterocycles. The molecule has 2 heteroatoms. The predicted octanol–water partition coefficient (Wildman–Crippen LogP) is 1.33. The van der Waals surface area contributed by atoms with Gasteiger partial charge in [0.2, 0.25) is 0 Å². The number of ketones is 2. The lowest BCUT2D eigenvalue weighted by molar-refractivity contribution is -0.130. The molecule has 0 atom stereocenters. The van der Waals surface area contributed by atoms with E-state index in [2.05, 4.69) is 6.92 Å². The molecule has 0 N–H and O–H groups in total. The molecule has 2 saturated carbocycles. The second kappa shape index (κ2) is 1.93. The molecule has 11 heavy (non-hydrogen) atoms. The third-order valence-electron chi connectivity index (χ3n) is 3.23. The highest BCUT2D eigenvalue weighted by molar-refractivity contribution is 6.06. The Balaban J connectivity index is 2.37. The molecule has 0 aromatic heterocycles. The van der Waals surface area contributed by atoms with E-state index in [9.17, 15) is 9.59 Å². The third-order valence-corrected chi connectivity index (χ3v) is 3.23. The van der Waals surface area contributed by atoms with Gasteiger partial charge >= 0.3 is 0 Å². The van der Waals surface area contributed by atoms with Crippen LogP contribution in [0.25, 0.3) is 0 Å². The Bertz CT molecular complexity index is 210. The molecule has 0 heterocycles. The van der Waals surface area contributed by atoms with Crippen LogP contribution in [0.15, 0.2) is 0 Å². The van der Waals surface area contributed by atoms with Crippen molar-refractivity contribution in [2.24, 2.45) is 11.3 Å². The molecular weight excluding hydrogens is 140 g/mol. The fourth-order valence-corrected chi connectivity index (χ4v) is 2.48. The molecule has 60 valence electrons. The lowest BCUT2D eigenvalue weighted by atomic mass is 9.82. The van der Waals surface area contributed by atoms with Crippen LogP contribution in [-0.2, 0) is 9.59 Å². The molecule has 0 radical (unpaired) electrons. The van der Waals surface area contributed by atoms with Crippen molar-refractivity contribution in [3.63, 3.8) is 0 Å². The summed E-state index contributed by atoms with van der Waals surface area (Å²) in [5.74, 6) is 0.160. The van der Waals surface area contributed by atoms with Gasteiger partial charge in [0.15, 0.2) is 0 Å². The lowest BCUT2D eigenvalue weighted by Gasteiger charge is -2.19. The summed E-state index contributed by atoms with van der Waals surface area (Å²) in [6, 6.07) is 0. The van der Waals surface area contributed by atoms with Crippen molar-refractivity contribution in [1.82, 2.24) is 0 Å². The van der Waals surface area contributed by atoms with Crippen molar-refractivity contribution in [2.45, 2.75) is 32.6 Å². The Labute approximate surface area is 66.0 Å². The standard InChI is InChI=1S/C9H12O2/c1-9-4-2-6(10)8(9)7(11)3-5-9/h8H,2-5H2,1H3. The van der Waals surface area contributed by atoms with Crippen LogP contribution in [0.5, 0.6) is 0 Å². The Kier molecular flexibility index (Phi) is 1.23. The van der Waals surface area contributed by atoms with E-state index < -0.39 is 0 Å². The van der Waals surface area contributed by atoms with Gasteiger partial charge < -0.3 is 0 Å². The van der Waals surface area contributed by atoms with E-state index in [1.54, 1.807) is 0 Å². The molecule has 2 rings (SSSR count). The summed E-state index contributed by atoms with van der Waals surface area (Å²) in [6.07, 6.45) is 3.13. The SMILES string of the molecule is CC12CCC(=O)C1C(=O)CC2. The smallest absolute Gasteiger partial charge is 0.143 e. The summed E-state index contributed by atoms with van der Waals surface area (Å²) in [4.78, 5) is 22.5. The Hall–Kier alpha value is -0.660. The van der Waals surface area contributed by atoms with Crippen LogP contribution in [0, 0.1) is 11.3 Å². The molecule has 0 amide bonds. The number of Topliss-reactive ketones (excluding diaryl/α,β-unsaturated/α-hetero) is 2. The molecule has 2 aliphatic carbocycles. The van der Waals surface area contributed by atoms with Gasteiger partial charge in [-0.05, 0) is 18.3 Å². The largest absolute Gasteiger partial charge is 0.299 e. The maximum atomic E-state index is 11.3. The minimum absolute atomic E-state index is 0.0498. The first-order valence-electron chi connectivity index (χ1n) is 4.19. The van der Waals surface area contributed by atoms with Gasteiger partial charge in [-0.1, -0.05) is 6.92 Å². The number of hydrogen-bond acceptors (Lipinski definition) is 2. The molecule has 0 aromatic carbocycles. The van der Waals surface area contributed by atoms with Crippen LogP contribution in [-0.4, -0.2) is 11.6 Å². The van der Waals surface area contributed by atoms with Crippen molar-refractivity contribution in [3.8, 4) is 0 Å². The van der Waals surface area contributed by atoms with Crippen molar-refractivity contribution >= 4 is 11.6 Å². The van der Waals surface area contributed by atoms with Crippen LogP contribution >= 0.6 is 0 Å². The molecule has 0 unspecified atom stereocenters. The zero-order valence-electron chi connectivity index (χ0n) is 6.72. The Morgan fingerprint density at radius 1 is 1.18 bits per heavy atom. The second-order valence-corrected chi connectivity index (χ2v) is 4.02. The summed E-state index contributed by atoms with van der Waals surface area (Å²) in [6.45, 7) is 2.08. The average molecular weight is 152 g/mol. The molecule has 2 aliphatic rings. The number of hydrogen-bond donors (Lipinski definition) is 0. The number of rotatable bonds is 0. The van der Waals surface area contributed by atoms with Crippen LogP contribution in [0.2, 0.25) is 0 Å². The maximum Gasteiger partial charge on any atom is 0.143 e. The van der Waals surface area contributed by atoms with E-state index in [1.165, 1.54) is 0 Å². The highest BCUT2D eigenvalue weighted by Gasteiger charge is 2.52. The summed E-state index contributed by atoms with van der Waals surface area (Å²) < 4.78 is 0. The monoisotopic (exact) mass is 152 g/mol. The zero-order valence-corrected chi connectivity index (χ0v) is 6.72. The fraction of sp³-hybridized carbons (Fsp3) is 0.778. The van der Waals surface area contributed by atoms with Gasteiger partial charge in [-0.15, -0.1) is 0 Å². The van der Waals surface area contributed by atoms with E-state index in [0.29, 0.717) is 12.8 Å². The average Bonchev–Trinajstić information content (AvgIpc) is 2.38. The van der Waals surface area contributed by atoms with Gasteiger partial charge in [0.05, 0.1) is 5.92 Å². The van der Waals surface area contributed by atoms with Crippen molar-refractivity contribution in [1.29, 1.82) is 0 Å². The number of carbonyl (C=O) groups is 2. The second-order valence-electron chi connectivity index (χ2n) is 4.02. The third kappa shape index (κ3) is 0.784. The van der Waals surface area contributed by atoms with E-state index in [0.717, 1.165) is 12.8 Å². The van der Waals surface area contributed by atoms with E-state index in [4.69, 9.17) is 0 Å². The van der Waals surface area contributed by atoms with Gasteiger partial charge in [-0.25, -0.2) is 0 Å². The normalized spacial score (nSPS) is 43.2. The number of carbonyl (C=O) groups excluding carboxylic acids is 2. The molecular formula is C9H12O2. The maximum absolute atomic E-state index is 11.3. The highest BCUT2D eigenvalue weighted by Crippen LogP contribution is 2.50. The van der Waals surface area contributed by atoms with Gasteiger partial charge in [-0.2, -0.15) is 0 Å². The topological polar surface area (TPSA) is 34.1 Å². The van der Waals surface area contributed by atoms with Crippen molar-refractivity contribution < 1.29 is 9.59 Å². The van der Waals surface area contributed by atoms with Crippen LogP contribution < -0.4 is 0 Å². The summed E-state index contributed by atoms with van der Waals surface area (Å²) in [7, 11) is 0. The van der Waals surface area contributed by atoms with Gasteiger partial charge in [0.1, 0.15) is 11.6 Å². The van der Waals surface area contributed by atoms with Gasteiger partial charge in [0.25, 0.3) is 0 Å². The molecule has 2 fully saturated rings. The Morgan fingerprint density at radius 3 is 2.00 bits per heavy atom. The first-order chi connectivity index (χ1) is 5.13.